The molecule has 3 rings (SSSR count). The first-order chi connectivity index (χ1) is 13.8. The first kappa shape index (κ1) is 24.0. The molecule has 5 nitrogen and oxygen atoms in total. The average Bonchev–Trinajstić information content (AvgIpc) is 2.67. The van der Waals surface area contributed by atoms with Crippen molar-refractivity contribution in [2.24, 2.45) is 0 Å². The van der Waals surface area contributed by atoms with Gasteiger partial charge in [-0.1, -0.05) is 17.7 Å². The number of benzene rings is 2. The summed E-state index contributed by atoms with van der Waals surface area (Å²) in [6, 6.07) is 11.8. The van der Waals surface area contributed by atoms with Crippen LogP contribution in [0.1, 0.15) is 18.1 Å². The van der Waals surface area contributed by atoms with Gasteiger partial charge in [0.25, 0.3) is 0 Å². The maximum Gasteiger partial charge on any atom is 0.475 e. The summed E-state index contributed by atoms with van der Waals surface area (Å²) in [7, 11) is -7.25. The summed E-state index contributed by atoms with van der Waals surface area (Å²) >= 11 is 0. The molecular weight excluding hydrogens is 439 g/mol. The number of halogens is 3. The first-order valence-corrected chi connectivity index (χ1v) is 11.3. The van der Waals surface area contributed by atoms with Crippen LogP contribution in [-0.2, 0) is 27.5 Å². The van der Waals surface area contributed by atoms with Crippen LogP contribution in [0.15, 0.2) is 64.5 Å². The highest BCUT2D eigenvalue weighted by atomic mass is 32.2. The predicted octanol–water partition coefficient (Wildman–Crippen LogP) is 3.98. The van der Waals surface area contributed by atoms with Gasteiger partial charge in [-0.15, -0.1) is 0 Å². The SMILES string of the molecule is CC[n+]1ccc(C)c2cc(S(=O)C(F)(F)F)ccc21.Cc1ccc(S(=O)(=O)[O-])cc1. The Labute approximate surface area is 175 Å². The van der Waals surface area contributed by atoms with Gasteiger partial charge in [0.1, 0.15) is 16.7 Å². The zero-order chi connectivity index (χ0) is 22.7. The van der Waals surface area contributed by atoms with Crippen LogP contribution in [0.2, 0.25) is 0 Å². The van der Waals surface area contributed by atoms with Crippen molar-refractivity contribution in [1.29, 1.82) is 0 Å². The van der Waals surface area contributed by atoms with Gasteiger partial charge < -0.3 is 4.55 Å². The van der Waals surface area contributed by atoms with Crippen molar-refractivity contribution in [3.63, 3.8) is 0 Å². The van der Waals surface area contributed by atoms with Gasteiger partial charge in [0.15, 0.2) is 17.0 Å². The van der Waals surface area contributed by atoms with Crippen LogP contribution < -0.4 is 4.57 Å². The number of rotatable bonds is 3. The van der Waals surface area contributed by atoms with E-state index < -0.39 is 26.4 Å². The fraction of sp³-hybridized carbons (Fsp3) is 0.250. The molecular formula is C20H20F3NO4S2. The molecule has 3 aromatic rings. The van der Waals surface area contributed by atoms with Gasteiger partial charge in [0.2, 0.25) is 5.52 Å². The Hall–Kier alpha value is -2.30. The van der Waals surface area contributed by atoms with Gasteiger partial charge in [-0.3, -0.25) is 0 Å². The standard InChI is InChI=1S/C13H13F3NOS.C7H8O3S/c1-3-17-7-6-9(2)11-8-10(4-5-12(11)17)19(18)13(14,15)16;1-6-2-4-7(5-3-6)11(8,9)10/h4-8H,3H2,1-2H3;2-5H,1H3,(H,8,9,10)/q+1;/p-1. The maximum atomic E-state index is 12.5. The third kappa shape index (κ3) is 5.87. The van der Waals surface area contributed by atoms with Crippen LogP contribution in [0, 0.1) is 13.8 Å². The summed E-state index contributed by atoms with van der Waals surface area (Å²) in [5.41, 5.74) is -2.10. The Morgan fingerprint density at radius 1 is 1.03 bits per heavy atom. The highest BCUT2D eigenvalue weighted by Crippen LogP contribution is 2.28. The molecule has 0 radical (unpaired) electrons. The quantitative estimate of drug-likeness (QED) is 0.438. The molecule has 30 heavy (non-hydrogen) atoms. The Morgan fingerprint density at radius 3 is 2.13 bits per heavy atom. The molecule has 10 heteroatoms. The van der Waals surface area contributed by atoms with E-state index in [0.29, 0.717) is 5.39 Å². The molecule has 0 aliphatic carbocycles. The van der Waals surface area contributed by atoms with Gasteiger partial charge in [0, 0.05) is 17.0 Å². The minimum Gasteiger partial charge on any atom is -0.744 e. The van der Waals surface area contributed by atoms with Gasteiger partial charge in [0.05, 0.1) is 10.3 Å². The molecule has 0 fully saturated rings. The Kier molecular flexibility index (Phi) is 7.38. The highest BCUT2D eigenvalue weighted by molar-refractivity contribution is 7.86. The highest BCUT2D eigenvalue weighted by Gasteiger charge is 2.38. The maximum absolute atomic E-state index is 12.5. The Bertz CT molecular complexity index is 1180. The lowest BCUT2D eigenvalue weighted by Crippen LogP contribution is -2.32. The van der Waals surface area contributed by atoms with Crippen molar-refractivity contribution in [3.05, 3.63) is 65.9 Å². The van der Waals surface area contributed by atoms with Crippen LogP contribution in [0.4, 0.5) is 13.2 Å². The molecule has 0 bridgehead atoms. The lowest BCUT2D eigenvalue weighted by atomic mass is 10.1. The molecule has 162 valence electrons. The largest absolute Gasteiger partial charge is 0.744 e. The second kappa shape index (κ2) is 9.23. The molecule has 0 spiro atoms. The molecule has 1 unspecified atom stereocenters. The smallest absolute Gasteiger partial charge is 0.475 e. The molecule has 1 heterocycles. The third-order valence-corrected chi connectivity index (χ3v) is 6.23. The molecule has 1 atom stereocenters. The van der Waals surface area contributed by atoms with Crippen molar-refractivity contribution in [3.8, 4) is 0 Å². The number of aromatic nitrogens is 1. The van der Waals surface area contributed by atoms with Crippen LogP contribution in [-0.4, -0.2) is 22.7 Å². The molecule has 0 amide bonds. The molecule has 0 N–H and O–H groups in total. The zero-order valence-corrected chi connectivity index (χ0v) is 18.1. The summed E-state index contributed by atoms with van der Waals surface area (Å²) in [4.78, 5) is -0.389. The lowest BCUT2D eigenvalue weighted by Gasteiger charge is -2.08. The number of pyridine rings is 1. The van der Waals surface area contributed by atoms with E-state index in [1.54, 1.807) is 18.2 Å². The fourth-order valence-corrected chi connectivity index (χ4v) is 3.84. The van der Waals surface area contributed by atoms with Crippen molar-refractivity contribution >= 4 is 31.8 Å². The van der Waals surface area contributed by atoms with Crippen LogP contribution >= 0.6 is 0 Å². The van der Waals surface area contributed by atoms with Crippen LogP contribution in [0.3, 0.4) is 0 Å². The van der Waals surface area contributed by atoms with E-state index in [0.717, 1.165) is 23.2 Å². The molecule has 1 aromatic heterocycles. The summed E-state index contributed by atoms with van der Waals surface area (Å²) in [5.74, 6) is 0. The van der Waals surface area contributed by atoms with E-state index in [1.165, 1.54) is 24.3 Å². The van der Waals surface area contributed by atoms with E-state index in [1.807, 2.05) is 37.6 Å². The minimum atomic E-state index is -4.73. The molecule has 0 aliphatic heterocycles. The first-order valence-electron chi connectivity index (χ1n) is 8.78. The fourth-order valence-electron chi connectivity index (χ4n) is 2.68. The number of nitrogens with zero attached hydrogens (tertiary/aromatic N) is 1. The molecule has 2 aromatic carbocycles. The third-order valence-electron chi connectivity index (χ3n) is 4.28. The predicted molar refractivity (Wildman–Crippen MR) is 106 cm³/mol. The Morgan fingerprint density at radius 2 is 1.63 bits per heavy atom. The average molecular weight is 460 g/mol. The topological polar surface area (TPSA) is 78.1 Å². The van der Waals surface area contributed by atoms with Crippen molar-refractivity contribution < 1.29 is 34.9 Å². The summed E-state index contributed by atoms with van der Waals surface area (Å²) < 4.78 is 81.9. The van der Waals surface area contributed by atoms with E-state index in [9.17, 15) is 30.4 Å². The molecule has 0 saturated carbocycles. The number of fused-ring (bicyclic) bond motifs is 1. The monoisotopic (exact) mass is 459 g/mol. The number of hydrogen-bond acceptors (Lipinski definition) is 4. The van der Waals surface area contributed by atoms with Crippen LogP contribution in [0.5, 0.6) is 0 Å². The summed E-state index contributed by atoms with van der Waals surface area (Å²) in [6.45, 7) is 6.32. The van der Waals surface area contributed by atoms with Crippen molar-refractivity contribution in [2.45, 2.75) is 42.6 Å². The van der Waals surface area contributed by atoms with Crippen molar-refractivity contribution in [1.82, 2.24) is 0 Å². The van der Waals surface area contributed by atoms with E-state index in [-0.39, 0.29) is 9.79 Å². The molecule has 0 saturated heterocycles. The van der Waals surface area contributed by atoms with Gasteiger partial charge >= 0.3 is 5.51 Å². The summed E-state index contributed by atoms with van der Waals surface area (Å²) in [5, 5.41) is 0.694. The normalized spacial score (nSPS) is 12.9. The second-order valence-corrected chi connectivity index (χ2v) is 9.30. The van der Waals surface area contributed by atoms with Gasteiger partial charge in [-0.05, 0) is 50.6 Å². The van der Waals surface area contributed by atoms with Gasteiger partial charge in [-0.25, -0.2) is 12.6 Å². The minimum absolute atomic E-state index is 0.178. The Balaban J connectivity index is 0.000000248. The second-order valence-electron chi connectivity index (χ2n) is 6.45. The number of alkyl halides is 3. The van der Waals surface area contributed by atoms with Gasteiger partial charge in [-0.2, -0.15) is 17.7 Å². The number of hydrogen-bond donors (Lipinski definition) is 0. The van der Waals surface area contributed by atoms with E-state index >= 15 is 0 Å². The van der Waals surface area contributed by atoms with E-state index in [2.05, 4.69) is 0 Å². The molecule has 0 aliphatic rings. The number of aryl methyl sites for hydroxylation is 3. The van der Waals surface area contributed by atoms with Crippen LogP contribution in [0.25, 0.3) is 10.9 Å². The zero-order valence-electron chi connectivity index (χ0n) is 16.4. The summed E-state index contributed by atoms with van der Waals surface area (Å²) in [6.07, 6.45) is 1.89. The van der Waals surface area contributed by atoms with E-state index in [4.69, 9.17) is 0 Å². The van der Waals surface area contributed by atoms with Crippen molar-refractivity contribution in [2.75, 3.05) is 0 Å². The lowest BCUT2D eigenvalue weighted by molar-refractivity contribution is -0.667.